The van der Waals surface area contributed by atoms with E-state index in [9.17, 15) is 0 Å². The molecule has 0 spiro atoms. The van der Waals surface area contributed by atoms with Gasteiger partial charge in [0, 0.05) is 6.54 Å². The Bertz CT molecular complexity index is 148. The van der Waals surface area contributed by atoms with Crippen LogP contribution in [0.3, 0.4) is 0 Å². The van der Waals surface area contributed by atoms with E-state index in [0.717, 1.165) is 6.54 Å². The molecule has 0 amide bonds. The van der Waals surface area contributed by atoms with E-state index in [4.69, 9.17) is 23.4 Å². The van der Waals surface area contributed by atoms with E-state index in [2.05, 4.69) is 12.3 Å². The molecule has 0 aromatic rings. The maximum atomic E-state index is 8.63. The minimum Gasteiger partial charge on any atom is -0.726 e. The van der Waals surface area contributed by atoms with Crippen molar-refractivity contribution in [1.29, 1.82) is 0 Å². The maximum Gasteiger partial charge on any atom is 1.00 e. The molecule has 8 heteroatoms. The molecule has 0 aromatic heterocycles. The summed E-state index contributed by atoms with van der Waals surface area (Å²) >= 11 is 0. The summed E-state index contributed by atoms with van der Waals surface area (Å²) < 4.78 is 32.8. The van der Waals surface area contributed by atoms with E-state index >= 15 is 0 Å². The largest absolute Gasteiger partial charge is 1.00 e. The SMILES string of the molecule is CCCCNN.O=S(=O)([O-])O.[Na+]. The van der Waals surface area contributed by atoms with Gasteiger partial charge in [-0.3, -0.25) is 15.8 Å². The minimum absolute atomic E-state index is 0. The number of hydrogen-bond donors (Lipinski definition) is 3. The fraction of sp³-hybridized carbons (Fsp3) is 1.00. The van der Waals surface area contributed by atoms with Crippen LogP contribution in [-0.4, -0.2) is 24.1 Å². The first-order chi connectivity index (χ1) is 4.91. The van der Waals surface area contributed by atoms with Crippen molar-refractivity contribution >= 4 is 10.4 Å². The Kier molecular flexibility index (Phi) is 18.2. The van der Waals surface area contributed by atoms with Crippen molar-refractivity contribution in [1.82, 2.24) is 5.43 Å². The second kappa shape index (κ2) is 11.8. The first kappa shape index (κ1) is 18.5. The van der Waals surface area contributed by atoms with E-state index in [1.807, 2.05) is 0 Å². The third-order valence-corrected chi connectivity index (χ3v) is 0.675. The molecule has 70 valence electrons. The molecule has 6 nitrogen and oxygen atoms in total. The standard InChI is InChI=1S/C4H12N2.Na.H2O4S/c1-2-3-4-6-5;;1-5(2,3)4/h6H,2-5H2,1H3;;(H2,1,2,3,4)/q;+1;/p-1. The van der Waals surface area contributed by atoms with Crippen molar-refractivity contribution in [3.05, 3.63) is 0 Å². The first-order valence-corrected chi connectivity index (χ1v) is 4.40. The molecule has 0 atom stereocenters. The van der Waals surface area contributed by atoms with Crippen LogP contribution in [0, 0.1) is 0 Å². The zero-order valence-corrected chi connectivity index (χ0v) is 10.1. The zero-order valence-electron chi connectivity index (χ0n) is 7.28. The summed E-state index contributed by atoms with van der Waals surface area (Å²) in [5.41, 5.74) is 2.57. The van der Waals surface area contributed by atoms with Gasteiger partial charge in [0.2, 0.25) is 10.4 Å². The van der Waals surface area contributed by atoms with Crippen LogP contribution in [0.2, 0.25) is 0 Å². The molecule has 12 heavy (non-hydrogen) atoms. The van der Waals surface area contributed by atoms with Gasteiger partial charge < -0.3 is 4.55 Å². The number of hydrazine groups is 1. The van der Waals surface area contributed by atoms with Gasteiger partial charge in [0.15, 0.2) is 0 Å². The van der Waals surface area contributed by atoms with Crippen LogP contribution in [0.1, 0.15) is 19.8 Å². The number of hydrogen-bond acceptors (Lipinski definition) is 5. The van der Waals surface area contributed by atoms with Crippen LogP contribution in [0.25, 0.3) is 0 Å². The average molecular weight is 208 g/mol. The average Bonchev–Trinajstić information content (AvgIpc) is 1.79. The Morgan fingerprint density at radius 3 is 2.00 bits per heavy atom. The van der Waals surface area contributed by atoms with Crippen LogP contribution in [0.15, 0.2) is 0 Å². The molecular weight excluding hydrogens is 195 g/mol. The van der Waals surface area contributed by atoms with Gasteiger partial charge in [-0.05, 0) is 6.42 Å². The van der Waals surface area contributed by atoms with Gasteiger partial charge in [-0.25, -0.2) is 8.42 Å². The Morgan fingerprint density at radius 1 is 1.58 bits per heavy atom. The number of nitrogens with one attached hydrogen (secondary N) is 1. The fourth-order valence-corrected chi connectivity index (χ4v) is 0.279. The quantitative estimate of drug-likeness (QED) is 0.110. The third kappa shape index (κ3) is 72.0. The van der Waals surface area contributed by atoms with Crippen molar-refractivity contribution in [2.24, 2.45) is 5.84 Å². The van der Waals surface area contributed by atoms with E-state index in [1.54, 1.807) is 0 Å². The monoisotopic (exact) mass is 208 g/mol. The molecule has 0 radical (unpaired) electrons. The minimum atomic E-state index is -4.92. The van der Waals surface area contributed by atoms with Crippen LogP contribution in [0.5, 0.6) is 0 Å². The van der Waals surface area contributed by atoms with E-state index in [0.29, 0.717) is 0 Å². The predicted molar refractivity (Wildman–Crippen MR) is 39.4 cm³/mol. The van der Waals surface area contributed by atoms with Gasteiger partial charge in [-0.1, -0.05) is 13.3 Å². The van der Waals surface area contributed by atoms with Gasteiger partial charge in [0.1, 0.15) is 0 Å². The Labute approximate surface area is 94.7 Å². The Hall–Kier alpha value is 0.790. The molecule has 0 saturated carbocycles. The van der Waals surface area contributed by atoms with Gasteiger partial charge in [0.25, 0.3) is 0 Å². The van der Waals surface area contributed by atoms with E-state index in [1.165, 1.54) is 12.8 Å². The van der Waals surface area contributed by atoms with Crippen LogP contribution < -0.4 is 40.8 Å². The molecule has 0 saturated heterocycles. The van der Waals surface area contributed by atoms with Crippen LogP contribution in [0.4, 0.5) is 0 Å². The van der Waals surface area contributed by atoms with Gasteiger partial charge in [-0.2, -0.15) is 0 Å². The fourth-order valence-electron chi connectivity index (χ4n) is 0.279. The molecule has 4 N–H and O–H groups in total. The normalized spacial score (nSPS) is 9.33. The number of nitrogens with two attached hydrogens (primary N) is 1. The molecule has 0 aromatic carbocycles. The predicted octanol–water partition coefficient (Wildman–Crippen LogP) is -3.74. The summed E-state index contributed by atoms with van der Waals surface area (Å²) in [6, 6.07) is 0. The van der Waals surface area contributed by atoms with Crippen LogP contribution >= 0.6 is 0 Å². The zero-order chi connectivity index (χ0) is 9.33. The Balaban J connectivity index is -0.000000126. The molecule has 0 aliphatic carbocycles. The summed E-state index contributed by atoms with van der Waals surface area (Å²) in [6.45, 7) is 3.08. The molecule has 0 aliphatic rings. The second-order valence-corrected chi connectivity index (χ2v) is 2.59. The summed E-state index contributed by atoms with van der Waals surface area (Å²) in [7, 11) is -4.92. The van der Waals surface area contributed by atoms with E-state index < -0.39 is 10.4 Å². The summed E-state index contributed by atoms with van der Waals surface area (Å²) in [5.74, 6) is 4.96. The van der Waals surface area contributed by atoms with Crippen molar-refractivity contribution in [3.8, 4) is 0 Å². The van der Waals surface area contributed by atoms with E-state index in [-0.39, 0.29) is 29.6 Å². The van der Waals surface area contributed by atoms with Crippen molar-refractivity contribution in [2.75, 3.05) is 6.54 Å². The van der Waals surface area contributed by atoms with Gasteiger partial charge in [0.05, 0.1) is 0 Å². The number of rotatable bonds is 3. The molecular formula is C4H13N2NaO4S. The Morgan fingerprint density at radius 2 is 1.92 bits per heavy atom. The van der Waals surface area contributed by atoms with Crippen molar-refractivity contribution in [3.63, 3.8) is 0 Å². The summed E-state index contributed by atoms with van der Waals surface area (Å²) in [5, 5.41) is 0. The first-order valence-electron chi connectivity index (χ1n) is 3.03. The molecule has 0 unspecified atom stereocenters. The summed E-state index contributed by atoms with van der Waals surface area (Å²) in [6.07, 6.45) is 2.39. The third-order valence-electron chi connectivity index (χ3n) is 0.675. The summed E-state index contributed by atoms with van der Waals surface area (Å²) in [4.78, 5) is 0. The topological polar surface area (TPSA) is 115 Å². The van der Waals surface area contributed by atoms with Gasteiger partial charge in [-0.15, -0.1) is 0 Å². The molecule has 0 heterocycles. The molecule has 0 rings (SSSR count). The van der Waals surface area contributed by atoms with Crippen molar-refractivity contribution in [2.45, 2.75) is 19.8 Å². The molecule has 0 fully saturated rings. The smallest absolute Gasteiger partial charge is 0.726 e. The maximum absolute atomic E-state index is 8.63. The van der Waals surface area contributed by atoms with Crippen molar-refractivity contribution < 1.29 is 47.1 Å². The number of unbranched alkanes of at least 4 members (excludes halogenated alkanes) is 1. The van der Waals surface area contributed by atoms with Gasteiger partial charge >= 0.3 is 29.6 Å². The van der Waals surface area contributed by atoms with Crippen LogP contribution in [-0.2, 0) is 10.4 Å². The molecule has 0 bridgehead atoms. The molecule has 0 aliphatic heterocycles. The second-order valence-electron chi connectivity index (χ2n) is 1.74.